The molecule has 2 aromatic rings. The van der Waals surface area contributed by atoms with Crippen molar-refractivity contribution in [3.8, 4) is 11.3 Å². The Morgan fingerprint density at radius 2 is 2.35 bits per heavy atom. The average molecular weight is 274 g/mol. The quantitative estimate of drug-likeness (QED) is 0.833. The van der Waals surface area contributed by atoms with Crippen LogP contribution in [0.15, 0.2) is 35.1 Å². The van der Waals surface area contributed by atoms with Gasteiger partial charge in [-0.05, 0) is 25.6 Å². The third kappa shape index (κ3) is 3.64. The molecule has 0 fully saturated rings. The van der Waals surface area contributed by atoms with Crippen LogP contribution in [-0.2, 0) is 0 Å². The second-order valence-corrected chi connectivity index (χ2v) is 4.49. The third-order valence-corrected chi connectivity index (χ3v) is 2.81. The Morgan fingerprint density at radius 1 is 1.50 bits per heavy atom. The summed E-state index contributed by atoms with van der Waals surface area (Å²) in [5, 5.41) is 9.81. The van der Waals surface area contributed by atoms with Gasteiger partial charge in [-0.15, -0.1) is 0 Å². The minimum Gasteiger partial charge on any atom is -0.355 e. The first kappa shape index (κ1) is 14.2. The van der Waals surface area contributed by atoms with Gasteiger partial charge in [-0.3, -0.25) is 9.78 Å². The maximum absolute atomic E-state index is 11.9. The van der Waals surface area contributed by atoms with Crippen molar-refractivity contribution in [2.24, 2.45) is 0 Å². The zero-order chi connectivity index (χ0) is 14.4. The van der Waals surface area contributed by atoms with Crippen LogP contribution in [0.4, 0.5) is 0 Å². The van der Waals surface area contributed by atoms with Crippen molar-refractivity contribution in [2.45, 2.75) is 19.9 Å². The minimum atomic E-state index is -0.242. The van der Waals surface area contributed by atoms with Crippen LogP contribution in [-0.4, -0.2) is 35.2 Å². The van der Waals surface area contributed by atoms with Gasteiger partial charge in [0.25, 0.3) is 5.91 Å². The summed E-state index contributed by atoms with van der Waals surface area (Å²) in [6.45, 7) is 5.44. The molecule has 0 aliphatic carbocycles. The fourth-order valence-corrected chi connectivity index (χ4v) is 1.78. The number of rotatable bonds is 6. The molecule has 0 saturated carbocycles. The SMILES string of the molecule is CCN[C@H](C)CNC(=O)c1cc(-c2cccnc2)on1. The van der Waals surface area contributed by atoms with Gasteiger partial charge in [0.05, 0.1) is 0 Å². The molecule has 0 aliphatic heterocycles. The Balaban J connectivity index is 1.97. The predicted molar refractivity (Wildman–Crippen MR) is 75.2 cm³/mol. The lowest BCUT2D eigenvalue weighted by atomic mass is 10.2. The summed E-state index contributed by atoms with van der Waals surface area (Å²) in [6, 6.07) is 5.48. The Labute approximate surface area is 117 Å². The molecule has 2 heterocycles. The summed E-state index contributed by atoms with van der Waals surface area (Å²) in [4.78, 5) is 15.9. The Bertz CT molecular complexity index is 553. The van der Waals surface area contributed by atoms with Crippen molar-refractivity contribution in [1.82, 2.24) is 20.8 Å². The summed E-state index contributed by atoms with van der Waals surface area (Å²) in [6.07, 6.45) is 3.34. The largest absolute Gasteiger partial charge is 0.355 e. The van der Waals surface area contributed by atoms with E-state index in [-0.39, 0.29) is 17.6 Å². The second-order valence-electron chi connectivity index (χ2n) is 4.49. The molecule has 1 atom stereocenters. The molecule has 2 N–H and O–H groups in total. The Hall–Kier alpha value is -2.21. The van der Waals surface area contributed by atoms with Crippen molar-refractivity contribution in [3.05, 3.63) is 36.3 Å². The van der Waals surface area contributed by atoms with Crippen molar-refractivity contribution in [3.63, 3.8) is 0 Å². The summed E-state index contributed by atoms with van der Waals surface area (Å²) >= 11 is 0. The van der Waals surface area contributed by atoms with Crippen LogP contribution in [0.3, 0.4) is 0 Å². The standard InChI is InChI=1S/C14H18N4O2/c1-3-16-10(2)8-17-14(19)12-7-13(20-18-12)11-5-4-6-15-9-11/h4-7,9-10,16H,3,8H2,1-2H3,(H,17,19)/t10-/m1/s1. The van der Waals surface area contributed by atoms with Gasteiger partial charge in [0.2, 0.25) is 0 Å². The van der Waals surface area contributed by atoms with Crippen molar-refractivity contribution in [1.29, 1.82) is 0 Å². The predicted octanol–water partition coefficient (Wildman–Crippen LogP) is 1.46. The average Bonchev–Trinajstić information content (AvgIpc) is 2.96. The number of pyridine rings is 1. The van der Waals surface area contributed by atoms with Gasteiger partial charge in [-0.2, -0.15) is 0 Å². The van der Waals surface area contributed by atoms with Gasteiger partial charge in [-0.1, -0.05) is 12.1 Å². The summed E-state index contributed by atoms with van der Waals surface area (Å²) < 4.78 is 5.16. The fourth-order valence-electron chi connectivity index (χ4n) is 1.78. The first-order valence-corrected chi connectivity index (χ1v) is 6.59. The highest BCUT2D eigenvalue weighted by molar-refractivity contribution is 5.93. The monoisotopic (exact) mass is 274 g/mol. The first-order valence-electron chi connectivity index (χ1n) is 6.59. The maximum atomic E-state index is 11.9. The van der Waals surface area contributed by atoms with E-state index in [1.807, 2.05) is 19.9 Å². The number of hydrogen-bond acceptors (Lipinski definition) is 5. The summed E-state index contributed by atoms with van der Waals surface area (Å²) in [5.74, 6) is 0.289. The molecule has 1 amide bonds. The molecule has 0 unspecified atom stereocenters. The zero-order valence-electron chi connectivity index (χ0n) is 11.6. The minimum absolute atomic E-state index is 0.216. The lowest BCUT2D eigenvalue weighted by Gasteiger charge is -2.12. The molecule has 0 saturated heterocycles. The highest BCUT2D eigenvalue weighted by atomic mass is 16.5. The van der Waals surface area contributed by atoms with E-state index in [0.29, 0.717) is 12.3 Å². The van der Waals surface area contributed by atoms with Crippen LogP contribution in [0.5, 0.6) is 0 Å². The number of hydrogen-bond donors (Lipinski definition) is 2. The number of likely N-dealkylation sites (N-methyl/N-ethyl adjacent to an activating group) is 1. The summed E-state index contributed by atoms with van der Waals surface area (Å²) in [7, 11) is 0. The van der Waals surface area contributed by atoms with E-state index >= 15 is 0 Å². The number of aromatic nitrogens is 2. The van der Waals surface area contributed by atoms with Crippen LogP contribution in [0.25, 0.3) is 11.3 Å². The van der Waals surface area contributed by atoms with Crippen LogP contribution >= 0.6 is 0 Å². The van der Waals surface area contributed by atoms with Crippen molar-refractivity contribution in [2.75, 3.05) is 13.1 Å². The number of nitrogens with zero attached hydrogens (tertiary/aromatic N) is 2. The van der Waals surface area contributed by atoms with Gasteiger partial charge in [0.1, 0.15) is 0 Å². The molecule has 0 radical (unpaired) electrons. The Kier molecular flexibility index (Phi) is 4.84. The van der Waals surface area contributed by atoms with Gasteiger partial charge < -0.3 is 15.2 Å². The van der Waals surface area contributed by atoms with Crippen LogP contribution in [0.1, 0.15) is 24.3 Å². The van der Waals surface area contributed by atoms with Crippen LogP contribution in [0.2, 0.25) is 0 Å². The molecule has 6 nitrogen and oxygen atoms in total. The molecule has 0 aromatic carbocycles. The topological polar surface area (TPSA) is 80.0 Å². The van der Waals surface area contributed by atoms with E-state index in [4.69, 9.17) is 4.52 Å². The molecule has 20 heavy (non-hydrogen) atoms. The molecule has 0 spiro atoms. The molecule has 6 heteroatoms. The van der Waals surface area contributed by atoms with Crippen LogP contribution < -0.4 is 10.6 Å². The van der Waals surface area contributed by atoms with E-state index in [1.54, 1.807) is 24.5 Å². The van der Waals surface area contributed by atoms with Crippen molar-refractivity contribution >= 4 is 5.91 Å². The van der Waals surface area contributed by atoms with E-state index in [0.717, 1.165) is 12.1 Å². The molecular formula is C14H18N4O2. The normalized spacial score (nSPS) is 12.1. The second kappa shape index (κ2) is 6.81. The zero-order valence-corrected chi connectivity index (χ0v) is 11.6. The smallest absolute Gasteiger partial charge is 0.273 e. The van der Waals surface area contributed by atoms with E-state index < -0.39 is 0 Å². The number of carbonyl (C=O) groups excluding carboxylic acids is 1. The molecule has 2 aromatic heterocycles. The molecular weight excluding hydrogens is 256 g/mol. The van der Waals surface area contributed by atoms with E-state index in [1.165, 1.54) is 0 Å². The fraction of sp³-hybridized carbons (Fsp3) is 0.357. The van der Waals surface area contributed by atoms with Gasteiger partial charge in [0.15, 0.2) is 11.5 Å². The lowest BCUT2D eigenvalue weighted by molar-refractivity contribution is 0.0941. The Morgan fingerprint density at radius 3 is 3.05 bits per heavy atom. The van der Waals surface area contributed by atoms with E-state index in [2.05, 4.69) is 20.8 Å². The maximum Gasteiger partial charge on any atom is 0.273 e. The van der Waals surface area contributed by atoms with Crippen molar-refractivity contribution < 1.29 is 9.32 Å². The number of nitrogens with one attached hydrogen (secondary N) is 2. The van der Waals surface area contributed by atoms with Gasteiger partial charge >= 0.3 is 0 Å². The molecule has 0 aliphatic rings. The molecule has 106 valence electrons. The van der Waals surface area contributed by atoms with E-state index in [9.17, 15) is 4.79 Å². The third-order valence-electron chi connectivity index (χ3n) is 2.81. The van der Waals surface area contributed by atoms with Gasteiger partial charge in [-0.25, -0.2) is 0 Å². The highest BCUT2D eigenvalue weighted by Crippen LogP contribution is 2.18. The van der Waals surface area contributed by atoms with Gasteiger partial charge in [0, 0.05) is 36.6 Å². The highest BCUT2D eigenvalue weighted by Gasteiger charge is 2.14. The van der Waals surface area contributed by atoms with Crippen LogP contribution in [0, 0.1) is 0 Å². The lowest BCUT2D eigenvalue weighted by Crippen LogP contribution is -2.38. The molecule has 0 bridgehead atoms. The summed E-state index contributed by atoms with van der Waals surface area (Å²) in [5.41, 5.74) is 1.06. The number of amides is 1. The first-order chi connectivity index (χ1) is 9.70. The molecule has 2 rings (SSSR count). The number of carbonyl (C=O) groups is 1.